The van der Waals surface area contributed by atoms with E-state index < -0.39 is 23.8 Å². The predicted octanol–water partition coefficient (Wildman–Crippen LogP) is 4.25. The van der Waals surface area contributed by atoms with Gasteiger partial charge in [0.15, 0.2) is 0 Å². The van der Waals surface area contributed by atoms with Gasteiger partial charge in [-0.15, -0.1) is 0 Å². The Balaban J connectivity index is 2.63. The second kappa shape index (κ2) is 5.55. The molecule has 1 aliphatic rings. The summed E-state index contributed by atoms with van der Waals surface area (Å²) in [7, 11) is 0. The number of esters is 1. The maximum absolute atomic E-state index is 12.3. The number of alkyl halides is 3. The lowest BCUT2D eigenvalue weighted by atomic mass is 9.67. The normalized spacial score (nSPS) is 28.3. The van der Waals surface area contributed by atoms with Crippen LogP contribution < -0.4 is 0 Å². The standard InChI is InChI=1S/C14H21F3O2/c1-9(2)13(4)7-5-6-11(8-13)19-12(18)10(3)14(15,16)17/h9,11H,3,5-8H2,1-2,4H3. The second-order valence-electron chi connectivity index (χ2n) is 5.91. The number of carbonyl (C=O) groups is 1. The van der Waals surface area contributed by atoms with E-state index in [4.69, 9.17) is 4.74 Å². The highest BCUT2D eigenvalue weighted by Gasteiger charge is 2.41. The van der Waals surface area contributed by atoms with Gasteiger partial charge in [-0.25, -0.2) is 4.79 Å². The first-order valence-corrected chi connectivity index (χ1v) is 6.53. The van der Waals surface area contributed by atoms with Crippen molar-refractivity contribution in [3.63, 3.8) is 0 Å². The Hall–Kier alpha value is -1.00. The van der Waals surface area contributed by atoms with Gasteiger partial charge in [0.2, 0.25) is 0 Å². The van der Waals surface area contributed by atoms with Gasteiger partial charge >= 0.3 is 12.1 Å². The fourth-order valence-corrected chi connectivity index (χ4v) is 2.42. The van der Waals surface area contributed by atoms with E-state index in [0.29, 0.717) is 18.8 Å². The predicted molar refractivity (Wildman–Crippen MR) is 66.5 cm³/mol. The van der Waals surface area contributed by atoms with Crippen LogP contribution in [0.3, 0.4) is 0 Å². The van der Waals surface area contributed by atoms with Gasteiger partial charge in [-0.1, -0.05) is 27.4 Å². The Labute approximate surface area is 112 Å². The van der Waals surface area contributed by atoms with Crippen molar-refractivity contribution in [1.29, 1.82) is 0 Å². The van der Waals surface area contributed by atoms with E-state index in [-0.39, 0.29) is 5.41 Å². The highest BCUT2D eigenvalue weighted by atomic mass is 19.4. The van der Waals surface area contributed by atoms with E-state index in [2.05, 4.69) is 27.4 Å². The minimum absolute atomic E-state index is 0.0166. The number of hydrogen-bond donors (Lipinski definition) is 0. The lowest BCUT2D eigenvalue weighted by Crippen LogP contribution is -2.36. The van der Waals surface area contributed by atoms with Crippen LogP contribution in [0.25, 0.3) is 0 Å². The van der Waals surface area contributed by atoms with Crippen molar-refractivity contribution in [2.24, 2.45) is 11.3 Å². The van der Waals surface area contributed by atoms with E-state index in [0.717, 1.165) is 12.8 Å². The maximum Gasteiger partial charge on any atom is 0.422 e. The van der Waals surface area contributed by atoms with Gasteiger partial charge in [0, 0.05) is 0 Å². The van der Waals surface area contributed by atoms with Crippen molar-refractivity contribution in [2.45, 2.75) is 58.7 Å². The summed E-state index contributed by atoms with van der Waals surface area (Å²) in [5, 5.41) is 0. The van der Waals surface area contributed by atoms with E-state index in [1.807, 2.05) is 0 Å². The third-order valence-corrected chi connectivity index (χ3v) is 4.22. The van der Waals surface area contributed by atoms with Gasteiger partial charge in [0.25, 0.3) is 0 Å². The Bertz CT molecular complexity index is 360. The SMILES string of the molecule is C=C(C(=O)OC1CCCC(C)(C(C)C)C1)C(F)(F)F. The zero-order valence-electron chi connectivity index (χ0n) is 11.6. The molecule has 5 heteroatoms. The van der Waals surface area contributed by atoms with Crippen LogP contribution in [-0.4, -0.2) is 18.2 Å². The number of rotatable bonds is 3. The van der Waals surface area contributed by atoms with Gasteiger partial charge in [0.05, 0.1) is 0 Å². The molecule has 0 heterocycles. The van der Waals surface area contributed by atoms with Crippen LogP contribution >= 0.6 is 0 Å². The van der Waals surface area contributed by atoms with Gasteiger partial charge in [0.1, 0.15) is 11.7 Å². The van der Waals surface area contributed by atoms with E-state index in [1.165, 1.54) is 0 Å². The molecule has 2 unspecified atom stereocenters. The molecule has 0 amide bonds. The highest BCUT2D eigenvalue weighted by Crippen LogP contribution is 2.43. The summed E-state index contributed by atoms with van der Waals surface area (Å²) in [4.78, 5) is 11.4. The van der Waals surface area contributed by atoms with Gasteiger partial charge in [-0.3, -0.25) is 0 Å². The first kappa shape index (κ1) is 16.1. The molecule has 0 aliphatic heterocycles. The molecule has 0 saturated heterocycles. The average molecular weight is 278 g/mol. The molecule has 2 nitrogen and oxygen atoms in total. The first-order chi connectivity index (χ1) is 8.56. The second-order valence-corrected chi connectivity index (χ2v) is 5.91. The number of halogens is 3. The summed E-state index contributed by atoms with van der Waals surface area (Å²) in [6, 6.07) is 0. The van der Waals surface area contributed by atoms with Crippen molar-refractivity contribution < 1.29 is 22.7 Å². The molecule has 0 N–H and O–H groups in total. The summed E-state index contributed by atoms with van der Waals surface area (Å²) in [5.41, 5.74) is -1.41. The molecule has 0 radical (unpaired) electrons. The molecule has 0 aromatic rings. The lowest BCUT2D eigenvalue weighted by Gasteiger charge is -2.41. The summed E-state index contributed by atoms with van der Waals surface area (Å²) < 4.78 is 42.0. The molecule has 1 saturated carbocycles. The summed E-state index contributed by atoms with van der Waals surface area (Å²) in [5.74, 6) is -0.940. The van der Waals surface area contributed by atoms with Crippen LogP contribution in [0.2, 0.25) is 0 Å². The summed E-state index contributed by atoms with van der Waals surface area (Å²) in [6.45, 7) is 9.02. The van der Waals surface area contributed by atoms with Crippen LogP contribution in [0.1, 0.15) is 46.5 Å². The van der Waals surface area contributed by atoms with Crippen molar-refractivity contribution in [1.82, 2.24) is 0 Å². The molecule has 1 fully saturated rings. The van der Waals surface area contributed by atoms with E-state index in [9.17, 15) is 18.0 Å². The quantitative estimate of drug-likeness (QED) is 0.569. The molecule has 0 aromatic carbocycles. The Kier molecular flexibility index (Phi) is 4.69. The summed E-state index contributed by atoms with van der Waals surface area (Å²) in [6.07, 6.45) is -2.04. The molecule has 110 valence electrons. The minimum Gasteiger partial charge on any atom is -0.459 e. The zero-order valence-corrected chi connectivity index (χ0v) is 11.6. The molecular formula is C14H21F3O2. The van der Waals surface area contributed by atoms with E-state index in [1.54, 1.807) is 0 Å². The third-order valence-electron chi connectivity index (χ3n) is 4.22. The maximum atomic E-state index is 12.3. The van der Waals surface area contributed by atoms with Crippen LogP contribution in [0, 0.1) is 11.3 Å². The van der Waals surface area contributed by atoms with Crippen molar-refractivity contribution >= 4 is 5.97 Å². The molecule has 1 rings (SSSR count). The Morgan fingerprint density at radius 2 is 2.00 bits per heavy atom. The van der Waals surface area contributed by atoms with Crippen LogP contribution in [0.5, 0.6) is 0 Å². The molecular weight excluding hydrogens is 257 g/mol. The molecule has 2 atom stereocenters. The number of hydrogen-bond acceptors (Lipinski definition) is 2. The molecule has 0 bridgehead atoms. The monoisotopic (exact) mass is 278 g/mol. The van der Waals surface area contributed by atoms with Crippen LogP contribution in [0.15, 0.2) is 12.2 Å². The van der Waals surface area contributed by atoms with Gasteiger partial charge < -0.3 is 4.74 Å². The van der Waals surface area contributed by atoms with Crippen molar-refractivity contribution in [3.05, 3.63) is 12.2 Å². The molecule has 1 aliphatic carbocycles. The fraction of sp³-hybridized carbons (Fsp3) is 0.786. The Morgan fingerprint density at radius 3 is 2.47 bits per heavy atom. The van der Waals surface area contributed by atoms with Gasteiger partial charge in [-0.2, -0.15) is 13.2 Å². The average Bonchev–Trinajstić information content (AvgIpc) is 2.26. The zero-order chi connectivity index (χ0) is 14.8. The number of carbonyl (C=O) groups excluding carboxylic acids is 1. The lowest BCUT2D eigenvalue weighted by molar-refractivity contribution is -0.159. The van der Waals surface area contributed by atoms with Crippen molar-refractivity contribution in [3.8, 4) is 0 Å². The summed E-state index contributed by atoms with van der Waals surface area (Å²) >= 11 is 0. The van der Waals surface area contributed by atoms with Crippen LogP contribution in [0.4, 0.5) is 13.2 Å². The smallest absolute Gasteiger partial charge is 0.422 e. The molecule has 0 aromatic heterocycles. The molecule has 19 heavy (non-hydrogen) atoms. The molecule has 0 spiro atoms. The first-order valence-electron chi connectivity index (χ1n) is 6.53. The van der Waals surface area contributed by atoms with Crippen molar-refractivity contribution in [2.75, 3.05) is 0 Å². The highest BCUT2D eigenvalue weighted by molar-refractivity contribution is 5.89. The number of ether oxygens (including phenoxy) is 1. The largest absolute Gasteiger partial charge is 0.459 e. The Morgan fingerprint density at radius 1 is 1.42 bits per heavy atom. The van der Waals surface area contributed by atoms with E-state index >= 15 is 0 Å². The fourth-order valence-electron chi connectivity index (χ4n) is 2.42. The minimum atomic E-state index is -4.72. The topological polar surface area (TPSA) is 26.3 Å². The van der Waals surface area contributed by atoms with Gasteiger partial charge in [-0.05, 0) is 37.0 Å². The van der Waals surface area contributed by atoms with Crippen LogP contribution in [-0.2, 0) is 9.53 Å². The third kappa shape index (κ3) is 3.98.